The SMILES string of the molecule is COC(=O)c1ccc(-c2cccc3c2OCNC3)cc1F.Cl. The predicted molar refractivity (Wildman–Crippen MR) is 82.8 cm³/mol. The van der Waals surface area contributed by atoms with Crippen molar-refractivity contribution in [2.75, 3.05) is 13.8 Å². The lowest BCUT2D eigenvalue weighted by molar-refractivity contribution is 0.0595. The largest absolute Gasteiger partial charge is 0.477 e. The van der Waals surface area contributed by atoms with Gasteiger partial charge >= 0.3 is 5.97 Å². The van der Waals surface area contributed by atoms with E-state index in [1.807, 2.05) is 18.2 Å². The number of benzene rings is 2. The molecule has 116 valence electrons. The molecular formula is C16H15ClFNO3. The van der Waals surface area contributed by atoms with Gasteiger partial charge in [0.25, 0.3) is 0 Å². The lowest BCUT2D eigenvalue weighted by Gasteiger charge is -2.21. The summed E-state index contributed by atoms with van der Waals surface area (Å²) >= 11 is 0. The molecule has 3 rings (SSSR count). The molecule has 0 bridgehead atoms. The van der Waals surface area contributed by atoms with Crippen molar-refractivity contribution in [1.29, 1.82) is 0 Å². The Hall–Kier alpha value is -2.11. The van der Waals surface area contributed by atoms with Crippen LogP contribution in [-0.4, -0.2) is 19.8 Å². The maximum atomic E-state index is 14.1. The minimum atomic E-state index is -0.686. The fourth-order valence-corrected chi connectivity index (χ4v) is 2.39. The van der Waals surface area contributed by atoms with Gasteiger partial charge in [0.05, 0.1) is 12.7 Å². The number of esters is 1. The van der Waals surface area contributed by atoms with E-state index in [2.05, 4.69) is 10.1 Å². The minimum absolute atomic E-state index is 0. The quantitative estimate of drug-likeness (QED) is 0.863. The lowest BCUT2D eigenvalue weighted by atomic mass is 9.99. The number of carbonyl (C=O) groups excluding carboxylic acids is 1. The van der Waals surface area contributed by atoms with Gasteiger partial charge in [-0.3, -0.25) is 5.32 Å². The molecule has 22 heavy (non-hydrogen) atoms. The fourth-order valence-electron chi connectivity index (χ4n) is 2.39. The second kappa shape index (κ2) is 6.77. The van der Waals surface area contributed by atoms with E-state index >= 15 is 0 Å². The standard InChI is InChI=1S/C16H14FNO3.ClH/c1-20-16(19)13-6-5-10(7-14(13)17)12-4-2-3-11-8-18-9-21-15(11)12;/h2-7,18H,8-9H2,1H3;1H. The topological polar surface area (TPSA) is 47.6 Å². The third-order valence-corrected chi connectivity index (χ3v) is 3.42. The van der Waals surface area contributed by atoms with Crippen molar-refractivity contribution in [3.8, 4) is 16.9 Å². The molecule has 1 N–H and O–H groups in total. The average molecular weight is 324 g/mol. The van der Waals surface area contributed by atoms with Crippen molar-refractivity contribution >= 4 is 18.4 Å². The second-order valence-electron chi connectivity index (χ2n) is 4.70. The number of rotatable bonds is 2. The number of carbonyl (C=O) groups is 1. The summed E-state index contributed by atoms with van der Waals surface area (Å²) in [6.45, 7) is 1.14. The molecule has 0 saturated heterocycles. The summed E-state index contributed by atoms with van der Waals surface area (Å²) < 4.78 is 24.2. The zero-order valence-electron chi connectivity index (χ0n) is 11.9. The first-order chi connectivity index (χ1) is 10.2. The molecule has 0 aliphatic carbocycles. The Bertz CT molecular complexity index is 706. The van der Waals surface area contributed by atoms with E-state index in [4.69, 9.17) is 4.74 Å². The first kappa shape index (κ1) is 16.3. The zero-order valence-corrected chi connectivity index (χ0v) is 12.7. The van der Waals surface area contributed by atoms with E-state index in [1.54, 1.807) is 6.07 Å². The van der Waals surface area contributed by atoms with Gasteiger partial charge in [0, 0.05) is 17.7 Å². The summed E-state index contributed by atoms with van der Waals surface area (Å²) in [5.41, 5.74) is 2.42. The van der Waals surface area contributed by atoms with Gasteiger partial charge < -0.3 is 9.47 Å². The molecule has 0 radical (unpaired) electrons. The monoisotopic (exact) mass is 323 g/mol. The van der Waals surface area contributed by atoms with E-state index < -0.39 is 11.8 Å². The van der Waals surface area contributed by atoms with Gasteiger partial charge in [0.2, 0.25) is 0 Å². The molecule has 1 heterocycles. The van der Waals surface area contributed by atoms with Gasteiger partial charge in [-0.25, -0.2) is 9.18 Å². The Morgan fingerprint density at radius 2 is 2.14 bits per heavy atom. The molecular weight excluding hydrogens is 309 g/mol. The molecule has 2 aromatic rings. The summed E-state index contributed by atoms with van der Waals surface area (Å²) in [6, 6.07) is 10.2. The molecule has 0 fully saturated rings. The lowest BCUT2D eigenvalue weighted by Crippen LogP contribution is -2.25. The van der Waals surface area contributed by atoms with Crippen LogP contribution in [0, 0.1) is 5.82 Å². The van der Waals surface area contributed by atoms with Gasteiger partial charge in [0.15, 0.2) is 0 Å². The molecule has 1 aliphatic rings. The number of methoxy groups -OCH3 is 1. The van der Waals surface area contributed by atoms with Crippen molar-refractivity contribution in [2.24, 2.45) is 0 Å². The number of para-hydroxylation sites is 1. The third-order valence-electron chi connectivity index (χ3n) is 3.42. The summed E-state index contributed by atoms with van der Waals surface area (Å²) in [7, 11) is 1.23. The molecule has 6 heteroatoms. The van der Waals surface area contributed by atoms with Crippen LogP contribution in [0.5, 0.6) is 5.75 Å². The highest BCUT2D eigenvalue weighted by molar-refractivity contribution is 5.90. The van der Waals surface area contributed by atoms with Crippen LogP contribution in [0.25, 0.3) is 11.1 Å². The van der Waals surface area contributed by atoms with E-state index in [-0.39, 0.29) is 18.0 Å². The van der Waals surface area contributed by atoms with E-state index in [0.29, 0.717) is 18.8 Å². The smallest absolute Gasteiger partial charge is 0.340 e. The van der Waals surface area contributed by atoms with Crippen LogP contribution >= 0.6 is 12.4 Å². The van der Waals surface area contributed by atoms with Crippen molar-refractivity contribution in [2.45, 2.75) is 6.54 Å². The van der Waals surface area contributed by atoms with Gasteiger partial charge in [-0.1, -0.05) is 24.3 Å². The number of hydrogen-bond donors (Lipinski definition) is 1. The molecule has 2 aromatic carbocycles. The Morgan fingerprint density at radius 1 is 1.32 bits per heavy atom. The molecule has 4 nitrogen and oxygen atoms in total. The number of nitrogens with one attached hydrogen (secondary N) is 1. The molecule has 0 saturated carbocycles. The molecule has 0 unspecified atom stereocenters. The van der Waals surface area contributed by atoms with E-state index in [1.165, 1.54) is 19.2 Å². The van der Waals surface area contributed by atoms with Crippen LogP contribution in [0.2, 0.25) is 0 Å². The molecule has 0 spiro atoms. The predicted octanol–water partition coefficient (Wildman–Crippen LogP) is 3.14. The summed E-state index contributed by atoms with van der Waals surface area (Å²) in [6.07, 6.45) is 0. The number of ether oxygens (including phenoxy) is 2. The van der Waals surface area contributed by atoms with Crippen LogP contribution in [0.3, 0.4) is 0 Å². The number of fused-ring (bicyclic) bond motifs is 1. The highest BCUT2D eigenvalue weighted by Gasteiger charge is 2.17. The van der Waals surface area contributed by atoms with Crippen molar-refractivity contribution < 1.29 is 18.7 Å². The summed E-state index contributed by atoms with van der Waals surface area (Å²) in [5, 5.41) is 3.11. The van der Waals surface area contributed by atoms with Gasteiger partial charge in [-0.2, -0.15) is 0 Å². The molecule has 0 aromatic heterocycles. The first-order valence-electron chi connectivity index (χ1n) is 6.54. The summed E-state index contributed by atoms with van der Waals surface area (Å²) in [5.74, 6) is -0.540. The third kappa shape index (κ3) is 2.91. The second-order valence-corrected chi connectivity index (χ2v) is 4.70. The maximum absolute atomic E-state index is 14.1. The molecule has 0 atom stereocenters. The van der Waals surface area contributed by atoms with Crippen LogP contribution < -0.4 is 10.1 Å². The first-order valence-corrected chi connectivity index (χ1v) is 6.54. The zero-order chi connectivity index (χ0) is 14.8. The van der Waals surface area contributed by atoms with Gasteiger partial charge in [-0.15, -0.1) is 12.4 Å². The minimum Gasteiger partial charge on any atom is -0.477 e. The van der Waals surface area contributed by atoms with Gasteiger partial charge in [-0.05, 0) is 17.7 Å². The van der Waals surface area contributed by atoms with Crippen molar-refractivity contribution in [1.82, 2.24) is 5.32 Å². The van der Waals surface area contributed by atoms with E-state index in [9.17, 15) is 9.18 Å². The average Bonchev–Trinajstić information content (AvgIpc) is 2.53. The Labute approximate surface area is 133 Å². The van der Waals surface area contributed by atoms with Crippen molar-refractivity contribution in [3.05, 3.63) is 53.3 Å². The normalized spacial score (nSPS) is 12.6. The highest BCUT2D eigenvalue weighted by Crippen LogP contribution is 2.35. The van der Waals surface area contributed by atoms with Crippen LogP contribution in [0.4, 0.5) is 4.39 Å². The van der Waals surface area contributed by atoms with Crippen LogP contribution in [0.1, 0.15) is 15.9 Å². The van der Waals surface area contributed by atoms with Crippen molar-refractivity contribution in [3.63, 3.8) is 0 Å². The number of hydrogen-bond acceptors (Lipinski definition) is 4. The Kier molecular flexibility index (Phi) is 5.00. The van der Waals surface area contributed by atoms with Crippen LogP contribution in [0.15, 0.2) is 36.4 Å². The van der Waals surface area contributed by atoms with E-state index in [0.717, 1.165) is 16.9 Å². The Morgan fingerprint density at radius 3 is 2.86 bits per heavy atom. The fraction of sp³-hybridized carbons (Fsp3) is 0.188. The maximum Gasteiger partial charge on any atom is 0.340 e. The highest BCUT2D eigenvalue weighted by atomic mass is 35.5. The van der Waals surface area contributed by atoms with Crippen LogP contribution in [-0.2, 0) is 11.3 Å². The number of halogens is 2. The Balaban J connectivity index is 0.00000176. The molecule has 1 aliphatic heterocycles. The van der Waals surface area contributed by atoms with Gasteiger partial charge in [0.1, 0.15) is 18.3 Å². The molecule has 0 amide bonds. The summed E-state index contributed by atoms with van der Waals surface area (Å²) in [4.78, 5) is 11.4.